The van der Waals surface area contributed by atoms with E-state index < -0.39 is 0 Å². The van der Waals surface area contributed by atoms with E-state index in [0.29, 0.717) is 10.0 Å². The first-order valence-electron chi connectivity index (χ1n) is 4.33. The second-order valence-electron chi connectivity index (χ2n) is 3.20. The van der Waals surface area contributed by atoms with E-state index in [1.165, 1.54) is 0 Å². The Morgan fingerprint density at radius 2 is 1.85 bits per heavy atom. The molecule has 13 heavy (non-hydrogen) atoms. The number of benzene rings is 1. The van der Waals surface area contributed by atoms with Crippen LogP contribution in [0.15, 0.2) is 18.2 Å². The maximum Gasteiger partial charge on any atom is 0.0826 e. The molecule has 0 aliphatic carbocycles. The van der Waals surface area contributed by atoms with Crippen LogP contribution in [0, 0.1) is 0 Å². The highest BCUT2D eigenvalue weighted by molar-refractivity contribution is 6.34. The molecule has 0 aromatic heterocycles. The summed E-state index contributed by atoms with van der Waals surface area (Å²) >= 11 is 11.8. The lowest BCUT2D eigenvalue weighted by atomic mass is 10.1. The smallest absolute Gasteiger partial charge is 0.0826 e. The van der Waals surface area contributed by atoms with Crippen molar-refractivity contribution >= 4 is 23.2 Å². The fraction of sp³-hybridized carbons (Fsp3) is 0.400. The molecule has 0 bridgehead atoms. The molecule has 2 rings (SSSR count). The Balaban J connectivity index is 2.28. The van der Waals surface area contributed by atoms with E-state index in [2.05, 4.69) is 0 Å². The Labute approximate surface area is 87.6 Å². The molecule has 1 saturated heterocycles. The van der Waals surface area contributed by atoms with Gasteiger partial charge in [-0.1, -0.05) is 23.2 Å². The maximum atomic E-state index is 5.89. The van der Waals surface area contributed by atoms with E-state index in [4.69, 9.17) is 27.9 Å². The number of hydrogen-bond donors (Lipinski definition) is 0. The van der Waals surface area contributed by atoms with Crippen LogP contribution in [0.5, 0.6) is 0 Å². The van der Waals surface area contributed by atoms with Gasteiger partial charge in [0, 0.05) is 16.7 Å². The van der Waals surface area contributed by atoms with Gasteiger partial charge in [0.05, 0.1) is 6.10 Å². The van der Waals surface area contributed by atoms with Gasteiger partial charge in [-0.25, -0.2) is 0 Å². The normalized spacial score (nSPS) is 22.2. The van der Waals surface area contributed by atoms with Gasteiger partial charge in [0.2, 0.25) is 0 Å². The Hall–Kier alpha value is -0.240. The van der Waals surface area contributed by atoms with Crippen LogP contribution in [0.2, 0.25) is 10.0 Å². The average Bonchev–Trinajstić information content (AvgIpc) is 2.53. The molecular weight excluding hydrogens is 207 g/mol. The Morgan fingerprint density at radius 1 is 1.15 bits per heavy atom. The van der Waals surface area contributed by atoms with Crippen LogP contribution in [0.25, 0.3) is 0 Å². The molecule has 3 heteroatoms. The van der Waals surface area contributed by atoms with Crippen LogP contribution >= 0.6 is 23.2 Å². The number of ether oxygens (including phenoxy) is 1. The summed E-state index contributed by atoms with van der Waals surface area (Å²) in [6.45, 7) is 0.842. The molecule has 0 spiro atoms. The number of hydrogen-bond acceptors (Lipinski definition) is 1. The second kappa shape index (κ2) is 3.87. The van der Waals surface area contributed by atoms with Crippen LogP contribution in [0.4, 0.5) is 0 Å². The Kier molecular flexibility index (Phi) is 2.77. The van der Waals surface area contributed by atoms with Gasteiger partial charge in [-0.15, -0.1) is 0 Å². The fourth-order valence-corrected chi connectivity index (χ4v) is 2.14. The van der Waals surface area contributed by atoms with E-state index >= 15 is 0 Å². The summed E-state index contributed by atoms with van der Waals surface area (Å²) in [7, 11) is 0. The van der Waals surface area contributed by atoms with Crippen molar-refractivity contribution in [1.82, 2.24) is 0 Å². The summed E-state index contributed by atoms with van der Waals surface area (Å²) in [4.78, 5) is 0. The van der Waals surface area contributed by atoms with Crippen molar-refractivity contribution in [3.05, 3.63) is 33.8 Å². The highest BCUT2D eigenvalue weighted by Crippen LogP contribution is 2.31. The third-order valence-corrected chi connectivity index (χ3v) is 2.62. The molecule has 1 aromatic carbocycles. The molecule has 0 N–H and O–H groups in total. The minimum absolute atomic E-state index is 0.191. The quantitative estimate of drug-likeness (QED) is 0.694. The summed E-state index contributed by atoms with van der Waals surface area (Å²) in [5.41, 5.74) is 1.09. The van der Waals surface area contributed by atoms with Crippen LogP contribution in [0.3, 0.4) is 0 Å². The van der Waals surface area contributed by atoms with Crippen molar-refractivity contribution in [2.75, 3.05) is 6.61 Å². The van der Waals surface area contributed by atoms with Crippen LogP contribution < -0.4 is 0 Å². The zero-order valence-corrected chi connectivity index (χ0v) is 8.61. The molecule has 1 aliphatic rings. The van der Waals surface area contributed by atoms with Gasteiger partial charge in [-0.05, 0) is 36.6 Å². The van der Waals surface area contributed by atoms with E-state index in [1.54, 1.807) is 6.07 Å². The lowest BCUT2D eigenvalue weighted by molar-refractivity contribution is 0.112. The number of halogens is 2. The van der Waals surface area contributed by atoms with E-state index in [9.17, 15) is 0 Å². The first kappa shape index (κ1) is 9.32. The monoisotopic (exact) mass is 216 g/mol. The SMILES string of the molecule is Clc1cc(Cl)cc(C2CCCO2)c1. The first-order valence-corrected chi connectivity index (χ1v) is 5.09. The lowest BCUT2D eigenvalue weighted by Crippen LogP contribution is -1.95. The fourth-order valence-electron chi connectivity index (χ4n) is 1.60. The Bertz CT molecular complexity index is 286. The summed E-state index contributed by atoms with van der Waals surface area (Å²) in [6, 6.07) is 5.58. The third kappa shape index (κ3) is 2.16. The summed E-state index contributed by atoms with van der Waals surface area (Å²) in [5, 5.41) is 1.36. The molecule has 1 unspecified atom stereocenters. The molecule has 1 aliphatic heterocycles. The van der Waals surface area contributed by atoms with Crippen LogP contribution in [0.1, 0.15) is 24.5 Å². The minimum atomic E-state index is 0.191. The molecule has 0 amide bonds. The van der Waals surface area contributed by atoms with Crippen LogP contribution in [-0.2, 0) is 4.74 Å². The molecule has 1 fully saturated rings. The van der Waals surface area contributed by atoms with E-state index in [1.807, 2.05) is 12.1 Å². The van der Waals surface area contributed by atoms with E-state index in [-0.39, 0.29) is 6.10 Å². The first-order chi connectivity index (χ1) is 6.25. The maximum absolute atomic E-state index is 5.89. The van der Waals surface area contributed by atoms with Crippen LogP contribution in [-0.4, -0.2) is 6.61 Å². The molecule has 0 saturated carbocycles. The Morgan fingerprint density at radius 3 is 2.38 bits per heavy atom. The second-order valence-corrected chi connectivity index (χ2v) is 4.08. The molecule has 0 radical (unpaired) electrons. The van der Waals surface area contributed by atoms with E-state index in [0.717, 1.165) is 25.0 Å². The van der Waals surface area contributed by atoms with Gasteiger partial charge in [-0.2, -0.15) is 0 Å². The van der Waals surface area contributed by atoms with Gasteiger partial charge in [-0.3, -0.25) is 0 Å². The largest absolute Gasteiger partial charge is 0.374 e. The van der Waals surface area contributed by atoms with Gasteiger partial charge in [0.1, 0.15) is 0 Å². The summed E-state index contributed by atoms with van der Waals surface area (Å²) in [6.07, 6.45) is 2.38. The standard InChI is InChI=1S/C10H10Cl2O/c11-8-4-7(5-9(12)6-8)10-2-1-3-13-10/h4-6,10H,1-3H2. The summed E-state index contributed by atoms with van der Waals surface area (Å²) in [5.74, 6) is 0. The van der Waals surface area contributed by atoms with Gasteiger partial charge in [0.15, 0.2) is 0 Å². The van der Waals surface area contributed by atoms with Crippen molar-refractivity contribution < 1.29 is 4.74 Å². The topological polar surface area (TPSA) is 9.23 Å². The van der Waals surface area contributed by atoms with Crippen molar-refractivity contribution in [3.8, 4) is 0 Å². The minimum Gasteiger partial charge on any atom is -0.374 e. The lowest BCUT2D eigenvalue weighted by Gasteiger charge is -2.10. The molecule has 1 atom stereocenters. The molecular formula is C10H10Cl2O. The predicted molar refractivity (Wildman–Crippen MR) is 54.4 cm³/mol. The molecule has 1 aromatic rings. The molecule has 1 heterocycles. The molecule has 70 valence electrons. The zero-order valence-electron chi connectivity index (χ0n) is 7.09. The number of rotatable bonds is 1. The summed E-state index contributed by atoms with van der Waals surface area (Å²) < 4.78 is 5.53. The van der Waals surface area contributed by atoms with Crippen molar-refractivity contribution in [1.29, 1.82) is 0 Å². The van der Waals surface area contributed by atoms with Crippen molar-refractivity contribution in [2.24, 2.45) is 0 Å². The van der Waals surface area contributed by atoms with Crippen molar-refractivity contribution in [2.45, 2.75) is 18.9 Å². The zero-order chi connectivity index (χ0) is 9.26. The predicted octanol–water partition coefficient (Wildman–Crippen LogP) is 3.84. The van der Waals surface area contributed by atoms with Gasteiger partial charge in [0.25, 0.3) is 0 Å². The highest BCUT2D eigenvalue weighted by atomic mass is 35.5. The molecule has 1 nitrogen and oxygen atoms in total. The van der Waals surface area contributed by atoms with Gasteiger partial charge < -0.3 is 4.74 Å². The van der Waals surface area contributed by atoms with Gasteiger partial charge >= 0.3 is 0 Å². The average molecular weight is 217 g/mol. The third-order valence-electron chi connectivity index (χ3n) is 2.19. The highest BCUT2D eigenvalue weighted by Gasteiger charge is 2.18. The van der Waals surface area contributed by atoms with Crippen molar-refractivity contribution in [3.63, 3.8) is 0 Å².